The van der Waals surface area contributed by atoms with Gasteiger partial charge in [-0.25, -0.2) is 4.39 Å². The summed E-state index contributed by atoms with van der Waals surface area (Å²) in [5.74, 6) is -0.362. The van der Waals surface area contributed by atoms with Gasteiger partial charge in [0.2, 0.25) is 5.91 Å². The molecule has 2 heterocycles. The highest BCUT2D eigenvalue weighted by atomic mass is 19.1. The lowest BCUT2D eigenvalue weighted by Crippen LogP contribution is -2.38. The molecule has 1 aromatic heterocycles. The summed E-state index contributed by atoms with van der Waals surface area (Å²) in [5.41, 5.74) is 1.35. The van der Waals surface area contributed by atoms with Crippen LogP contribution in [0.1, 0.15) is 22.3 Å². The Kier molecular flexibility index (Phi) is 5.38. The third kappa shape index (κ3) is 4.41. The van der Waals surface area contributed by atoms with Crippen LogP contribution in [-0.4, -0.2) is 52.8 Å². The quantitative estimate of drug-likeness (QED) is 0.859. The zero-order chi connectivity index (χ0) is 17.6. The van der Waals surface area contributed by atoms with Crippen molar-refractivity contribution in [3.63, 3.8) is 0 Å². The SMILES string of the molecule is O=C(Cc1ccc(F)cc1)N1CCCN(C(=O)c2cccnc2)CC1. The first-order valence-corrected chi connectivity index (χ1v) is 8.35. The van der Waals surface area contributed by atoms with Gasteiger partial charge >= 0.3 is 0 Å². The number of hydrogen-bond donors (Lipinski definition) is 0. The van der Waals surface area contributed by atoms with Crippen molar-refractivity contribution in [2.24, 2.45) is 0 Å². The van der Waals surface area contributed by atoms with E-state index >= 15 is 0 Å². The molecule has 0 aliphatic carbocycles. The summed E-state index contributed by atoms with van der Waals surface area (Å²) < 4.78 is 13.0. The molecule has 1 aliphatic heterocycles. The van der Waals surface area contributed by atoms with Gasteiger partial charge in [0, 0.05) is 38.6 Å². The van der Waals surface area contributed by atoms with Crippen LogP contribution < -0.4 is 0 Å². The highest BCUT2D eigenvalue weighted by Gasteiger charge is 2.22. The van der Waals surface area contributed by atoms with Crippen LogP contribution in [0.3, 0.4) is 0 Å². The largest absolute Gasteiger partial charge is 0.341 e. The van der Waals surface area contributed by atoms with Crippen molar-refractivity contribution in [1.82, 2.24) is 14.8 Å². The number of benzene rings is 1. The summed E-state index contributed by atoms with van der Waals surface area (Å²) in [6, 6.07) is 9.46. The number of halogens is 1. The second-order valence-corrected chi connectivity index (χ2v) is 6.07. The fourth-order valence-electron chi connectivity index (χ4n) is 2.93. The summed E-state index contributed by atoms with van der Waals surface area (Å²) in [5, 5.41) is 0. The molecule has 0 bridgehead atoms. The monoisotopic (exact) mass is 341 g/mol. The van der Waals surface area contributed by atoms with Gasteiger partial charge in [0.05, 0.1) is 12.0 Å². The Hall–Kier alpha value is -2.76. The Labute approximate surface area is 146 Å². The van der Waals surface area contributed by atoms with Gasteiger partial charge in [0.1, 0.15) is 5.82 Å². The molecular formula is C19H20FN3O2. The van der Waals surface area contributed by atoms with E-state index in [9.17, 15) is 14.0 Å². The summed E-state index contributed by atoms with van der Waals surface area (Å²) in [4.78, 5) is 32.5. The second kappa shape index (κ2) is 7.88. The van der Waals surface area contributed by atoms with Crippen molar-refractivity contribution in [3.8, 4) is 0 Å². The van der Waals surface area contributed by atoms with Crippen LogP contribution in [0.4, 0.5) is 4.39 Å². The van der Waals surface area contributed by atoms with E-state index in [0.29, 0.717) is 31.7 Å². The van der Waals surface area contributed by atoms with E-state index < -0.39 is 0 Å². The Morgan fingerprint density at radius 3 is 2.44 bits per heavy atom. The Bertz CT molecular complexity index is 734. The number of amides is 2. The van der Waals surface area contributed by atoms with E-state index in [0.717, 1.165) is 12.0 Å². The molecule has 0 unspecified atom stereocenters. The van der Waals surface area contributed by atoms with Gasteiger partial charge in [0.15, 0.2) is 0 Å². The molecule has 1 saturated heterocycles. The first kappa shape index (κ1) is 17.1. The summed E-state index contributed by atoms with van der Waals surface area (Å²) in [6.07, 6.45) is 4.18. The first-order chi connectivity index (χ1) is 12.1. The first-order valence-electron chi connectivity index (χ1n) is 8.35. The lowest BCUT2D eigenvalue weighted by molar-refractivity contribution is -0.130. The maximum atomic E-state index is 13.0. The molecule has 130 valence electrons. The average Bonchev–Trinajstić information content (AvgIpc) is 2.90. The van der Waals surface area contributed by atoms with Gasteiger partial charge < -0.3 is 9.80 Å². The van der Waals surface area contributed by atoms with E-state index in [1.54, 1.807) is 46.5 Å². The number of carbonyl (C=O) groups is 2. The number of pyridine rings is 1. The Morgan fingerprint density at radius 1 is 1.00 bits per heavy atom. The Balaban J connectivity index is 1.58. The third-order valence-corrected chi connectivity index (χ3v) is 4.31. The number of nitrogens with zero attached hydrogens (tertiary/aromatic N) is 3. The lowest BCUT2D eigenvalue weighted by Gasteiger charge is -2.22. The van der Waals surface area contributed by atoms with Crippen molar-refractivity contribution in [2.75, 3.05) is 26.2 Å². The van der Waals surface area contributed by atoms with Crippen LogP contribution >= 0.6 is 0 Å². The van der Waals surface area contributed by atoms with Crippen molar-refractivity contribution < 1.29 is 14.0 Å². The number of aromatic nitrogens is 1. The van der Waals surface area contributed by atoms with Crippen LogP contribution in [0.2, 0.25) is 0 Å². The van der Waals surface area contributed by atoms with Crippen LogP contribution in [0.5, 0.6) is 0 Å². The molecule has 3 rings (SSSR count). The number of hydrogen-bond acceptors (Lipinski definition) is 3. The van der Waals surface area contributed by atoms with Gasteiger partial charge in [-0.1, -0.05) is 12.1 Å². The molecule has 1 fully saturated rings. The normalized spacial score (nSPS) is 14.9. The van der Waals surface area contributed by atoms with Crippen LogP contribution in [0.25, 0.3) is 0 Å². The molecule has 25 heavy (non-hydrogen) atoms. The standard InChI is InChI=1S/C19H20FN3O2/c20-17-6-4-15(5-7-17)13-18(24)22-9-2-10-23(12-11-22)19(25)16-3-1-8-21-14-16/h1,3-8,14H,2,9-13H2. The zero-order valence-electron chi connectivity index (χ0n) is 13.9. The summed E-state index contributed by atoms with van der Waals surface area (Å²) in [7, 11) is 0. The van der Waals surface area contributed by atoms with Gasteiger partial charge in [0.25, 0.3) is 5.91 Å². The molecular weight excluding hydrogens is 321 g/mol. The predicted octanol–water partition coefficient (Wildman–Crippen LogP) is 2.14. The number of carbonyl (C=O) groups excluding carboxylic acids is 2. The minimum atomic E-state index is -0.310. The van der Waals surface area contributed by atoms with E-state index in [1.165, 1.54) is 12.1 Å². The van der Waals surface area contributed by atoms with Gasteiger partial charge in [-0.2, -0.15) is 0 Å². The highest BCUT2D eigenvalue weighted by molar-refractivity contribution is 5.94. The molecule has 0 radical (unpaired) electrons. The number of rotatable bonds is 3. The molecule has 0 saturated carbocycles. The molecule has 0 atom stereocenters. The molecule has 6 heteroatoms. The fourth-order valence-corrected chi connectivity index (χ4v) is 2.93. The molecule has 2 amide bonds. The third-order valence-electron chi connectivity index (χ3n) is 4.31. The summed E-state index contributed by atoms with van der Waals surface area (Å²) >= 11 is 0. The zero-order valence-corrected chi connectivity index (χ0v) is 13.9. The minimum Gasteiger partial charge on any atom is -0.341 e. The van der Waals surface area contributed by atoms with E-state index in [-0.39, 0.29) is 24.1 Å². The lowest BCUT2D eigenvalue weighted by atomic mass is 10.1. The molecule has 1 aliphatic rings. The van der Waals surface area contributed by atoms with Gasteiger partial charge in [-0.3, -0.25) is 14.6 Å². The van der Waals surface area contributed by atoms with E-state index in [2.05, 4.69) is 4.98 Å². The van der Waals surface area contributed by atoms with Crippen molar-refractivity contribution in [2.45, 2.75) is 12.8 Å². The van der Waals surface area contributed by atoms with Crippen LogP contribution in [0, 0.1) is 5.82 Å². The van der Waals surface area contributed by atoms with Gasteiger partial charge in [-0.05, 0) is 36.2 Å². The maximum absolute atomic E-state index is 13.0. The predicted molar refractivity (Wildman–Crippen MR) is 91.4 cm³/mol. The van der Waals surface area contributed by atoms with E-state index in [1.807, 2.05) is 0 Å². The topological polar surface area (TPSA) is 53.5 Å². The van der Waals surface area contributed by atoms with Crippen LogP contribution in [-0.2, 0) is 11.2 Å². The van der Waals surface area contributed by atoms with Gasteiger partial charge in [-0.15, -0.1) is 0 Å². The van der Waals surface area contributed by atoms with E-state index in [4.69, 9.17) is 0 Å². The summed E-state index contributed by atoms with van der Waals surface area (Å²) in [6.45, 7) is 2.25. The molecule has 5 nitrogen and oxygen atoms in total. The smallest absolute Gasteiger partial charge is 0.255 e. The molecule has 2 aromatic rings. The maximum Gasteiger partial charge on any atom is 0.255 e. The fraction of sp³-hybridized carbons (Fsp3) is 0.316. The van der Waals surface area contributed by atoms with Crippen molar-refractivity contribution in [3.05, 3.63) is 65.7 Å². The highest BCUT2D eigenvalue weighted by Crippen LogP contribution is 2.11. The molecule has 1 aromatic carbocycles. The minimum absolute atomic E-state index is 0.00212. The Morgan fingerprint density at radius 2 is 1.72 bits per heavy atom. The average molecular weight is 341 g/mol. The molecule has 0 N–H and O–H groups in total. The van der Waals surface area contributed by atoms with Crippen molar-refractivity contribution in [1.29, 1.82) is 0 Å². The molecule has 0 spiro atoms. The second-order valence-electron chi connectivity index (χ2n) is 6.07. The van der Waals surface area contributed by atoms with Crippen molar-refractivity contribution >= 4 is 11.8 Å². The van der Waals surface area contributed by atoms with Crippen LogP contribution in [0.15, 0.2) is 48.8 Å².